The van der Waals surface area contributed by atoms with E-state index in [2.05, 4.69) is 12.1 Å². The zero-order valence-corrected chi connectivity index (χ0v) is 11.7. The Morgan fingerprint density at radius 1 is 1.33 bits per heavy atom. The average molecular weight is 333 g/mol. The molecule has 15 heavy (non-hydrogen) atoms. The summed E-state index contributed by atoms with van der Waals surface area (Å²) in [7, 11) is -0.833. The molecule has 0 unspecified atom stereocenters. The monoisotopic (exact) mass is 334 g/mol. The third-order valence-electron chi connectivity index (χ3n) is 1.44. The Balaban J connectivity index is 0.000000583. The van der Waals surface area contributed by atoms with Crippen molar-refractivity contribution < 1.29 is 19.4 Å². The van der Waals surface area contributed by atoms with Crippen molar-refractivity contribution >= 4 is 39.4 Å². The molecule has 1 aromatic rings. The maximum atomic E-state index is 10.2. The van der Waals surface area contributed by atoms with Crippen molar-refractivity contribution in [1.82, 2.24) is 0 Å². The number of carboxylic acid groups (broad SMARTS) is 1. The summed E-state index contributed by atoms with van der Waals surface area (Å²) in [5.41, 5.74) is 0. The molecule has 1 aromatic carbocycles. The van der Waals surface area contributed by atoms with E-state index in [1.165, 1.54) is 3.58 Å². The smallest absolute Gasteiger partial charge is 0.310 e. The number of benzene rings is 1. The van der Waals surface area contributed by atoms with Crippen LogP contribution in [0.3, 0.4) is 0 Å². The van der Waals surface area contributed by atoms with Crippen molar-refractivity contribution in [3.05, 3.63) is 30.3 Å². The van der Waals surface area contributed by atoms with Gasteiger partial charge in [-0.2, -0.15) is 0 Å². The van der Waals surface area contributed by atoms with Crippen LogP contribution in [0.2, 0.25) is 4.44 Å². The molecule has 0 aliphatic rings. The molecule has 0 heterocycles. The summed E-state index contributed by atoms with van der Waals surface area (Å²) in [4.78, 5) is 17.2. The van der Waals surface area contributed by atoms with Gasteiger partial charge in [-0.05, 0) is 0 Å². The summed E-state index contributed by atoms with van der Waals surface area (Å²) < 4.78 is 10.7. The molecule has 0 aliphatic heterocycles. The van der Waals surface area contributed by atoms with E-state index in [9.17, 15) is 4.79 Å². The SMILES string of the molecule is O=C(O)C[CH2][Sn][c]1ccccc1.O=PO. The predicted octanol–water partition coefficient (Wildman–Crippen LogP) is 1.09. The minimum absolute atomic E-state index is 0.334. The van der Waals surface area contributed by atoms with Crippen molar-refractivity contribution in [3.63, 3.8) is 0 Å². The summed E-state index contributed by atoms with van der Waals surface area (Å²) in [6.45, 7) is 0. The van der Waals surface area contributed by atoms with Gasteiger partial charge in [0, 0.05) is 0 Å². The minimum atomic E-state index is -0.833. The van der Waals surface area contributed by atoms with Gasteiger partial charge in [0.15, 0.2) is 0 Å². The largest absolute Gasteiger partial charge is 0.324 e. The van der Waals surface area contributed by atoms with Crippen LogP contribution in [0.5, 0.6) is 0 Å². The van der Waals surface area contributed by atoms with E-state index in [0.29, 0.717) is 6.42 Å². The Morgan fingerprint density at radius 3 is 2.33 bits per heavy atom. The molecular formula is C9H11O4PSn. The van der Waals surface area contributed by atoms with Crippen molar-refractivity contribution in [2.75, 3.05) is 0 Å². The van der Waals surface area contributed by atoms with Crippen LogP contribution in [-0.2, 0) is 9.36 Å². The van der Waals surface area contributed by atoms with Crippen molar-refractivity contribution in [3.8, 4) is 0 Å². The molecule has 80 valence electrons. The van der Waals surface area contributed by atoms with Crippen LogP contribution in [0.15, 0.2) is 30.3 Å². The van der Waals surface area contributed by atoms with E-state index in [4.69, 9.17) is 14.6 Å². The number of carbonyl (C=O) groups is 1. The molecule has 1 rings (SSSR count). The van der Waals surface area contributed by atoms with Gasteiger partial charge in [-0.1, -0.05) is 0 Å². The molecule has 2 radical (unpaired) electrons. The van der Waals surface area contributed by atoms with Gasteiger partial charge in [0.25, 0.3) is 0 Å². The number of carboxylic acids is 1. The fraction of sp³-hybridized carbons (Fsp3) is 0.222. The molecule has 0 saturated carbocycles. The molecule has 0 amide bonds. The number of rotatable bonds is 4. The predicted molar refractivity (Wildman–Crippen MR) is 58.7 cm³/mol. The Labute approximate surface area is 99.8 Å². The molecule has 0 fully saturated rings. The third kappa shape index (κ3) is 9.84. The van der Waals surface area contributed by atoms with Crippen molar-refractivity contribution in [2.45, 2.75) is 10.9 Å². The van der Waals surface area contributed by atoms with Gasteiger partial charge in [-0.25, -0.2) is 4.57 Å². The number of hydrogen-bond donors (Lipinski definition) is 2. The van der Waals surface area contributed by atoms with E-state index in [1.807, 2.05) is 18.2 Å². The fourth-order valence-corrected chi connectivity index (χ4v) is 3.88. The Morgan fingerprint density at radius 2 is 1.87 bits per heavy atom. The van der Waals surface area contributed by atoms with Crippen LogP contribution in [-0.4, -0.2) is 37.1 Å². The fourth-order valence-electron chi connectivity index (χ4n) is 0.870. The minimum Gasteiger partial charge on any atom is -0.310 e. The van der Waals surface area contributed by atoms with E-state index in [1.54, 1.807) is 0 Å². The van der Waals surface area contributed by atoms with Gasteiger partial charge < -0.3 is 4.89 Å². The maximum absolute atomic E-state index is 10.2. The Hall–Kier alpha value is -0.451. The van der Waals surface area contributed by atoms with Gasteiger partial charge >= 0.3 is 90.5 Å². The van der Waals surface area contributed by atoms with E-state index < -0.39 is 35.8 Å². The van der Waals surface area contributed by atoms with Crippen molar-refractivity contribution in [1.29, 1.82) is 0 Å². The molecule has 6 heteroatoms. The second kappa shape index (κ2) is 10.1. The molecular weight excluding hydrogens is 322 g/mol. The summed E-state index contributed by atoms with van der Waals surface area (Å²) in [6.07, 6.45) is 0.334. The van der Waals surface area contributed by atoms with Gasteiger partial charge in [-0.3, -0.25) is 0 Å². The molecule has 2 N–H and O–H groups in total. The summed E-state index contributed by atoms with van der Waals surface area (Å²) >= 11 is -0.601. The standard InChI is InChI=1S/C6H5.C3H5O2.HO2P.Sn/c1-2-4-6-5-3-1;1-2-3(4)5;1-3-2;/h1-5H;1-2H2,(H,4,5);(H,1,2);. The van der Waals surface area contributed by atoms with Crippen LogP contribution in [0.4, 0.5) is 0 Å². The first-order valence-electron chi connectivity index (χ1n) is 4.18. The molecule has 0 saturated heterocycles. The second-order valence-electron chi connectivity index (χ2n) is 2.52. The molecule has 0 bridgehead atoms. The quantitative estimate of drug-likeness (QED) is 0.639. The zero-order chi connectivity index (χ0) is 11.5. The van der Waals surface area contributed by atoms with E-state index in [0.717, 1.165) is 4.44 Å². The molecule has 0 spiro atoms. The number of aliphatic carboxylic acids is 1. The van der Waals surface area contributed by atoms with Crippen LogP contribution in [0, 0.1) is 0 Å². The number of hydrogen-bond acceptors (Lipinski definition) is 2. The molecule has 0 aliphatic carbocycles. The van der Waals surface area contributed by atoms with Gasteiger partial charge in [0.05, 0.1) is 0 Å². The normalized spacial score (nSPS) is 9.13. The first-order valence-corrected chi connectivity index (χ1v) is 8.39. The maximum Gasteiger partial charge on any atom is 0.324 e. The summed E-state index contributed by atoms with van der Waals surface area (Å²) in [5.74, 6) is -0.674. The Kier molecular flexibility index (Phi) is 9.78. The first kappa shape index (κ1) is 14.5. The summed E-state index contributed by atoms with van der Waals surface area (Å²) in [6, 6.07) is 10.2. The zero-order valence-electron chi connectivity index (χ0n) is 7.96. The van der Waals surface area contributed by atoms with Crippen LogP contribution in [0.25, 0.3) is 0 Å². The van der Waals surface area contributed by atoms with E-state index in [-0.39, 0.29) is 0 Å². The third-order valence-corrected chi connectivity index (χ3v) is 4.99. The Bertz CT molecular complexity index is 291. The molecule has 4 nitrogen and oxygen atoms in total. The van der Waals surface area contributed by atoms with Gasteiger partial charge in [0.1, 0.15) is 0 Å². The second-order valence-corrected chi connectivity index (χ2v) is 6.77. The average Bonchev–Trinajstić information content (AvgIpc) is 2.20. The summed E-state index contributed by atoms with van der Waals surface area (Å²) in [5, 5.41) is 8.42. The molecule has 0 atom stereocenters. The van der Waals surface area contributed by atoms with E-state index >= 15 is 0 Å². The first-order chi connectivity index (χ1) is 7.20. The topological polar surface area (TPSA) is 74.6 Å². The van der Waals surface area contributed by atoms with Crippen LogP contribution in [0.1, 0.15) is 6.42 Å². The van der Waals surface area contributed by atoms with Crippen LogP contribution < -0.4 is 3.58 Å². The van der Waals surface area contributed by atoms with Crippen LogP contribution >= 0.6 is 8.69 Å². The van der Waals surface area contributed by atoms with Crippen molar-refractivity contribution in [2.24, 2.45) is 0 Å². The van der Waals surface area contributed by atoms with Gasteiger partial charge in [0.2, 0.25) is 0 Å². The van der Waals surface area contributed by atoms with Gasteiger partial charge in [-0.15, -0.1) is 0 Å². The molecule has 0 aromatic heterocycles.